The van der Waals surface area contributed by atoms with E-state index < -0.39 is 0 Å². The second kappa shape index (κ2) is 7.17. The Morgan fingerprint density at radius 2 is 2.39 bits per heavy atom. The lowest BCUT2D eigenvalue weighted by molar-refractivity contribution is 0.0686. The van der Waals surface area contributed by atoms with E-state index in [1.54, 1.807) is 18.3 Å². The molecule has 0 saturated carbocycles. The van der Waals surface area contributed by atoms with Gasteiger partial charge in [0.25, 0.3) is 5.91 Å². The van der Waals surface area contributed by atoms with Gasteiger partial charge in [0, 0.05) is 18.7 Å². The molecule has 2 aromatic rings. The summed E-state index contributed by atoms with van der Waals surface area (Å²) in [6.45, 7) is 1.56. The Labute approximate surface area is 139 Å². The molecule has 0 spiro atoms. The minimum absolute atomic E-state index is 0.0242. The lowest BCUT2D eigenvalue weighted by Crippen LogP contribution is -2.40. The van der Waals surface area contributed by atoms with Crippen molar-refractivity contribution in [3.05, 3.63) is 41.8 Å². The Morgan fingerprint density at radius 3 is 3.17 bits per heavy atom. The third kappa shape index (κ3) is 3.58. The molecule has 1 fully saturated rings. The van der Waals surface area contributed by atoms with Gasteiger partial charge in [0.15, 0.2) is 0 Å². The molecule has 6 heteroatoms. The van der Waals surface area contributed by atoms with E-state index in [4.69, 9.17) is 0 Å². The number of H-pyrrole nitrogens is 1. The minimum atomic E-state index is -0.325. The normalized spacial score (nSPS) is 18.2. The number of thioether (sulfide) groups is 1. The Kier molecular flexibility index (Phi) is 5.00. The van der Waals surface area contributed by atoms with Crippen LogP contribution < -0.4 is 0 Å². The molecule has 122 valence electrons. The van der Waals surface area contributed by atoms with E-state index in [-0.39, 0.29) is 11.7 Å². The van der Waals surface area contributed by atoms with E-state index in [0.29, 0.717) is 22.7 Å². The number of aromatic amines is 1. The van der Waals surface area contributed by atoms with Crippen molar-refractivity contribution in [3.8, 4) is 11.3 Å². The topological polar surface area (TPSA) is 49.0 Å². The van der Waals surface area contributed by atoms with Gasteiger partial charge in [-0.2, -0.15) is 16.9 Å². The van der Waals surface area contributed by atoms with E-state index in [1.807, 2.05) is 16.7 Å². The van der Waals surface area contributed by atoms with Crippen molar-refractivity contribution in [1.82, 2.24) is 15.1 Å². The van der Waals surface area contributed by atoms with Crippen molar-refractivity contribution in [2.45, 2.75) is 12.8 Å². The van der Waals surface area contributed by atoms with Gasteiger partial charge in [-0.05, 0) is 42.9 Å². The maximum Gasteiger partial charge on any atom is 0.257 e. The minimum Gasteiger partial charge on any atom is -0.338 e. The van der Waals surface area contributed by atoms with Crippen LogP contribution in [0.25, 0.3) is 11.3 Å². The summed E-state index contributed by atoms with van der Waals surface area (Å²) in [7, 11) is 0. The molecule has 1 saturated heterocycles. The number of hydrogen-bond donors (Lipinski definition) is 1. The molecule has 0 bridgehead atoms. The molecule has 1 aliphatic heterocycles. The molecule has 3 rings (SSSR count). The summed E-state index contributed by atoms with van der Waals surface area (Å²) in [6.07, 6.45) is 5.84. The third-order valence-electron chi connectivity index (χ3n) is 4.19. The van der Waals surface area contributed by atoms with Crippen LogP contribution in [0, 0.1) is 11.7 Å². The van der Waals surface area contributed by atoms with Crippen LogP contribution in [0.15, 0.2) is 30.5 Å². The number of nitrogens with zero attached hydrogens (tertiary/aromatic N) is 2. The van der Waals surface area contributed by atoms with Crippen LogP contribution in [0.3, 0.4) is 0 Å². The van der Waals surface area contributed by atoms with Gasteiger partial charge in [0.2, 0.25) is 0 Å². The Morgan fingerprint density at radius 1 is 1.52 bits per heavy atom. The number of amides is 1. The molecular weight excluding hydrogens is 313 g/mol. The molecule has 1 atom stereocenters. The van der Waals surface area contributed by atoms with Crippen molar-refractivity contribution in [3.63, 3.8) is 0 Å². The number of benzene rings is 1. The summed E-state index contributed by atoms with van der Waals surface area (Å²) in [5.74, 6) is 1.27. The number of rotatable bonds is 4. The maximum atomic E-state index is 13.5. The van der Waals surface area contributed by atoms with Crippen molar-refractivity contribution in [1.29, 1.82) is 0 Å². The van der Waals surface area contributed by atoms with E-state index in [2.05, 4.69) is 16.5 Å². The van der Waals surface area contributed by atoms with Gasteiger partial charge in [-0.15, -0.1) is 0 Å². The average molecular weight is 333 g/mol. The molecule has 0 radical (unpaired) electrons. The molecular formula is C17H20FN3OS. The maximum absolute atomic E-state index is 13.5. The van der Waals surface area contributed by atoms with Crippen LogP contribution in [-0.4, -0.2) is 46.1 Å². The number of carbonyl (C=O) groups excluding carboxylic acids is 1. The Balaban J connectivity index is 1.82. The third-order valence-corrected chi connectivity index (χ3v) is 5.00. The lowest BCUT2D eigenvalue weighted by Gasteiger charge is -2.32. The molecule has 1 N–H and O–H groups in total. The fourth-order valence-electron chi connectivity index (χ4n) is 3.10. The first kappa shape index (κ1) is 16.1. The summed E-state index contributed by atoms with van der Waals surface area (Å²) in [4.78, 5) is 14.8. The van der Waals surface area contributed by atoms with Gasteiger partial charge in [-0.25, -0.2) is 4.39 Å². The number of halogens is 1. The molecule has 0 unspecified atom stereocenters. The van der Waals surface area contributed by atoms with Gasteiger partial charge < -0.3 is 4.90 Å². The van der Waals surface area contributed by atoms with E-state index in [9.17, 15) is 9.18 Å². The highest BCUT2D eigenvalue weighted by atomic mass is 32.2. The predicted octanol–water partition coefficient (Wildman–Crippen LogP) is 3.43. The molecule has 0 aliphatic carbocycles. The first-order valence-electron chi connectivity index (χ1n) is 7.76. The van der Waals surface area contributed by atoms with Crippen LogP contribution in [-0.2, 0) is 0 Å². The Hall–Kier alpha value is -1.82. The summed E-state index contributed by atoms with van der Waals surface area (Å²) >= 11 is 1.82. The largest absolute Gasteiger partial charge is 0.338 e. The zero-order valence-electron chi connectivity index (χ0n) is 13.1. The highest BCUT2D eigenvalue weighted by molar-refractivity contribution is 7.98. The first-order valence-corrected chi connectivity index (χ1v) is 9.16. The number of nitrogens with one attached hydrogen (secondary N) is 1. The zero-order valence-corrected chi connectivity index (χ0v) is 13.9. The molecule has 2 heterocycles. The number of piperidine rings is 1. The van der Waals surface area contributed by atoms with E-state index in [1.165, 1.54) is 18.6 Å². The van der Waals surface area contributed by atoms with Crippen LogP contribution in [0.5, 0.6) is 0 Å². The fourth-order valence-corrected chi connectivity index (χ4v) is 3.85. The number of hydrogen-bond acceptors (Lipinski definition) is 3. The van der Waals surface area contributed by atoms with Crippen molar-refractivity contribution in [2.75, 3.05) is 25.1 Å². The standard InChI is InChI=1S/C17H20FN3OS/c1-23-11-12-4-3-7-21(10-12)17(22)15-9-19-20-16(15)13-5-2-6-14(18)8-13/h2,5-6,8-9,12H,3-4,7,10-11H2,1H3,(H,19,20)/t12-/m1/s1. The second-order valence-corrected chi connectivity index (χ2v) is 6.79. The molecule has 1 aromatic heterocycles. The highest BCUT2D eigenvalue weighted by Crippen LogP contribution is 2.26. The second-order valence-electron chi connectivity index (χ2n) is 5.88. The van der Waals surface area contributed by atoms with Crippen LogP contribution in [0.4, 0.5) is 4.39 Å². The average Bonchev–Trinajstić information content (AvgIpc) is 3.04. The first-order chi connectivity index (χ1) is 11.2. The van der Waals surface area contributed by atoms with Gasteiger partial charge in [0.1, 0.15) is 5.82 Å². The number of carbonyl (C=O) groups is 1. The summed E-state index contributed by atoms with van der Waals surface area (Å²) in [5.41, 5.74) is 1.74. The lowest BCUT2D eigenvalue weighted by atomic mass is 9.99. The quantitative estimate of drug-likeness (QED) is 0.932. The van der Waals surface area contributed by atoms with E-state index in [0.717, 1.165) is 25.3 Å². The van der Waals surface area contributed by atoms with E-state index >= 15 is 0 Å². The van der Waals surface area contributed by atoms with Gasteiger partial charge in [-0.1, -0.05) is 12.1 Å². The van der Waals surface area contributed by atoms with Crippen molar-refractivity contribution < 1.29 is 9.18 Å². The zero-order chi connectivity index (χ0) is 16.2. The number of likely N-dealkylation sites (tertiary alicyclic amines) is 1. The SMILES string of the molecule is CSC[C@@H]1CCCN(C(=O)c2cn[nH]c2-c2cccc(F)c2)C1. The molecule has 1 aromatic carbocycles. The Bertz CT molecular complexity index is 686. The van der Waals surface area contributed by atoms with Gasteiger partial charge in [-0.3, -0.25) is 9.89 Å². The fraction of sp³-hybridized carbons (Fsp3) is 0.412. The van der Waals surface area contributed by atoms with Crippen molar-refractivity contribution in [2.24, 2.45) is 5.92 Å². The number of aromatic nitrogens is 2. The smallest absolute Gasteiger partial charge is 0.257 e. The van der Waals surface area contributed by atoms with Crippen LogP contribution in [0.1, 0.15) is 23.2 Å². The molecule has 23 heavy (non-hydrogen) atoms. The van der Waals surface area contributed by atoms with Gasteiger partial charge >= 0.3 is 0 Å². The molecule has 4 nitrogen and oxygen atoms in total. The molecule has 1 amide bonds. The van der Waals surface area contributed by atoms with Crippen molar-refractivity contribution >= 4 is 17.7 Å². The van der Waals surface area contributed by atoms with Crippen LogP contribution in [0.2, 0.25) is 0 Å². The summed E-state index contributed by atoms with van der Waals surface area (Å²) in [5, 5.41) is 6.84. The summed E-state index contributed by atoms with van der Waals surface area (Å²) in [6, 6.07) is 6.21. The monoisotopic (exact) mass is 333 g/mol. The predicted molar refractivity (Wildman–Crippen MR) is 91.0 cm³/mol. The van der Waals surface area contributed by atoms with Crippen LogP contribution >= 0.6 is 11.8 Å². The highest BCUT2D eigenvalue weighted by Gasteiger charge is 2.26. The summed E-state index contributed by atoms with van der Waals surface area (Å²) < 4.78 is 13.5. The van der Waals surface area contributed by atoms with Gasteiger partial charge in [0.05, 0.1) is 17.5 Å². The molecule has 1 aliphatic rings.